The molecule has 2 heterocycles. The van der Waals surface area contributed by atoms with Crippen LogP contribution in [0.5, 0.6) is 0 Å². The fraction of sp³-hybridized carbons (Fsp3) is 0.133. The summed E-state index contributed by atoms with van der Waals surface area (Å²) in [4.78, 5) is 1.39. The van der Waals surface area contributed by atoms with Crippen molar-refractivity contribution in [2.45, 2.75) is 13.0 Å². The summed E-state index contributed by atoms with van der Waals surface area (Å²) in [6.45, 7) is 0.896. The van der Waals surface area contributed by atoms with Gasteiger partial charge in [-0.3, -0.25) is 4.68 Å². The summed E-state index contributed by atoms with van der Waals surface area (Å²) in [7, 11) is 0. The lowest BCUT2D eigenvalue weighted by molar-refractivity contribution is 0.618. The van der Waals surface area contributed by atoms with E-state index in [2.05, 4.69) is 28.8 Å². The van der Waals surface area contributed by atoms with Crippen LogP contribution in [0.15, 0.2) is 54.2 Å². The average molecular weight is 269 g/mol. The van der Waals surface area contributed by atoms with E-state index < -0.39 is 0 Å². The Morgan fingerprint density at radius 2 is 2.05 bits per heavy atom. The van der Waals surface area contributed by atoms with Crippen molar-refractivity contribution in [1.82, 2.24) is 9.78 Å². The molecule has 4 heteroatoms. The fourth-order valence-corrected chi connectivity index (χ4v) is 2.76. The number of rotatable bonds is 4. The first-order valence-electron chi connectivity index (χ1n) is 6.22. The quantitative estimate of drug-likeness (QED) is 0.737. The van der Waals surface area contributed by atoms with Crippen molar-refractivity contribution in [3.63, 3.8) is 0 Å². The van der Waals surface area contributed by atoms with Gasteiger partial charge < -0.3 is 5.73 Å². The molecular weight excluding hydrogens is 254 g/mol. The number of nitrogens with two attached hydrogens (primary N) is 1. The van der Waals surface area contributed by atoms with E-state index >= 15 is 0 Å². The molecule has 96 valence electrons. The summed E-state index contributed by atoms with van der Waals surface area (Å²) in [5.74, 6) is 0. The van der Waals surface area contributed by atoms with Gasteiger partial charge in [0.05, 0.1) is 6.20 Å². The van der Waals surface area contributed by atoms with Crippen molar-refractivity contribution in [2.24, 2.45) is 0 Å². The zero-order chi connectivity index (χ0) is 13.1. The second kappa shape index (κ2) is 5.28. The van der Waals surface area contributed by atoms with Crippen LogP contribution >= 0.6 is 11.3 Å². The topological polar surface area (TPSA) is 43.8 Å². The summed E-state index contributed by atoms with van der Waals surface area (Å²) in [6.07, 6.45) is 4.95. The predicted octanol–water partition coefficient (Wildman–Crippen LogP) is 3.44. The van der Waals surface area contributed by atoms with Gasteiger partial charge in [-0.25, -0.2) is 0 Å². The number of anilines is 1. The molecule has 0 aliphatic rings. The molecule has 0 saturated heterocycles. The van der Waals surface area contributed by atoms with Gasteiger partial charge in [-0.1, -0.05) is 24.3 Å². The van der Waals surface area contributed by atoms with Crippen molar-refractivity contribution in [1.29, 1.82) is 0 Å². The first kappa shape index (κ1) is 12.0. The second-order valence-corrected chi connectivity index (χ2v) is 5.44. The maximum Gasteiger partial charge on any atom is 0.0569 e. The molecular formula is C15H15N3S. The van der Waals surface area contributed by atoms with Gasteiger partial charge in [0.2, 0.25) is 0 Å². The third kappa shape index (κ3) is 2.69. The number of aryl methyl sites for hydroxylation is 2. The van der Waals surface area contributed by atoms with Gasteiger partial charge in [0.15, 0.2) is 0 Å². The van der Waals surface area contributed by atoms with Crippen LogP contribution in [0.4, 0.5) is 5.69 Å². The van der Waals surface area contributed by atoms with Crippen LogP contribution in [0.2, 0.25) is 0 Å². The minimum Gasteiger partial charge on any atom is -0.398 e. The molecule has 0 radical (unpaired) electrons. The minimum absolute atomic E-state index is 0.792. The van der Waals surface area contributed by atoms with Crippen LogP contribution in [0.25, 0.3) is 11.1 Å². The number of para-hydroxylation sites is 1. The van der Waals surface area contributed by atoms with Crippen molar-refractivity contribution in [3.8, 4) is 11.1 Å². The molecule has 0 unspecified atom stereocenters. The summed E-state index contributed by atoms with van der Waals surface area (Å²) >= 11 is 1.79. The molecule has 0 fully saturated rings. The summed E-state index contributed by atoms with van der Waals surface area (Å²) in [5.41, 5.74) is 8.89. The standard InChI is InChI=1S/C15H15N3S/c16-15-6-2-1-5-14(15)12-10-17-18(11-12)8-7-13-4-3-9-19-13/h1-6,9-11H,7-8,16H2. The molecule has 2 aromatic heterocycles. The van der Waals surface area contributed by atoms with Gasteiger partial charge in [0.1, 0.15) is 0 Å². The van der Waals surface area contributed by atoms with E-state index in [1.165, 1.54) is 4.88 Å². The van der Waals surface area contributed by atoms with Crippen molar-refractivity contribution in [2.75, 3.05) is 5.73 Å². The maximum atomic E-state index is 5.98. The van der Waals surface area contributed by atoms with E-state index in [1.807, 2.05) is 35.1 Å². The fourth-order valence-electron chi connectivity index (χ4n) is 2.06. The molecule has 0 spiro atoms. The number of benzene rings is 1. The number of nitrogen functional groups attached to an aromatic ring is 1. The smallest absolute Gasteiger partial charge is 0.0569 e. The Morgan fingerprint density at radius 1 is 1.16 bits per heavy atom. The van der Waals surface area contributed by atoms with Crippen LogP contribution in [-0.2, 0) is 13.0 Å². The highest BCUT2D eigenvalue weighted by Crippen LogP contribution is 2.24. The number of hydrogen-bond donors (Lipinski definition) is 1. The van der Waals surface area contributed by atoms with Crippen LogP contribution in [-0.4, -0.2) is 9.78 Å². The van der Waals surface area contributed by atoms with Gasteiger partial charge in [0.25, 0.3) is 0 Å². The highest BCUT2D eigenvalue weighted by Gasteiger charge is 2.05. The molecule has 0 bridgehead atoms. The molecule has 0 aliphatic carbocycles. The first-order valence-corrected chi connectivity index (χ1v) is 7.10. The number of thiophene rings is 1. The van der Waals surface area contributed by atoms with Crippen LogP contribution in [0, 0.1) is 0 Å². The van der Waals surface area contributed by atoms with Gasteiger partial charge in [-0.2, -0.15) is 5.10 Å². The van der Waals surface area contributed by atoms with E-state index in [4.69, 9.17) is 5.73 Å². The van der Waals surface area contributed by atoms with E-state index in [-0.39, 0.29) is 0 Å². The maximum absolute atomic E-state index is 5.98. The Bertz CT molecular complexity index is 656. The predicted molar refractivity (Wildman–Crippen MR) is 80.1 cm³/mol. The lowest BCUT2D eigenvalue weighted by atomic mass is 10.1. The first-order chi connectivity index (χ1) is 9.33. The molecule has 3 aromatic rings. The van der Waals surface area contributed by atoms with Gasteiger partial charge in [0, 0.05) is 40.9 Å². The van der Waals surface area contributed by atoms with E-state index in [9.17, 15) is 0 Å². The minimum atomic E-state index is 0.792. The SMILES string of the molecule is Nc1ccccc1-c1cnn(CCc2cccs2)c1. The van der Waals surface area contributed by atoms with Crippen molar-refractivity contribution < 1.29 is 0 Å². The zero-order valence-corrected chi connectivity index (χ0v) is 11.3. The molecule has 3 rings (SSSR count). The highest BCUT2D eigenvalue weighted by molar-refractivity contribution is 7.09. The molecule has 0 aliphatic heterocycles. The van der Waals surface area contributed by atoms with E-state index in [0.29, 0.717) is 0 Å². The number of aromatic nitrogens is 2. The molecule has 0 atom stereocenters. The Kier molecular flexibility index (Phi) is 3.33. The summed E-state index contributed by atoms with van der Waals surface area (Å²) in [6, 6.07) is 12.1. The van der Waals surface area contributed by atoms with Crippen LogP contribution in [0.1, 0.15) is 4.88 Å². The van der Waals surface area contributed by atoms with E-state index in [1.54, 1.807) is 11.3 Å². The van der Waals surface area contributed by atoms with Gasteiger partial charge in [-0.15, -0.1) is 11.3 Å². The molecule has 3 nitrogen and oxygen atoms in total. The number of nitrogens with zero attached hydrogens (tertiary/aromatic N) is 2. The van der Waals surface area contributed by atoms with Crippen LogP contribution in [0.3, 0.4) is 0 Å². The number of hydrogen-bond acceptors (Lipinski definition) is 3. The largest absolute Gasteiger partial charge is 0.398 e. The van der Waals surface area contributed by atoms with Gasteiger partial charge in [-0.05, 0) is 17.5 Å². The summed E-state index contributed by atoms with van der Waals surface area (Å²) < 4.78 is 1.97. The third-order valence-corrected chi connectivity index (χ3v) is 4.01. The Balaban J connectivity index is 1.75. The Hall–Kier alpha value is -2.07. The average Bonchev–Trinajstić information content (AvgIpc) is 3.08. The molecule has 2 N–H and O–H groups in total. The molecule has 19 heavy (non-hydrogen) atoms. The van der Waals surface area contributed by atoms with Crippen molar-refractivity contribution >= 4 is 17.0 Å². The third-order valence-electron chi connectivity index (χ3n) is 3.07. The molecule has 0 amide bonds. The molecule has 1 aromatic carbocycles. The zero-order valence-electron chi connectivity index (χ0n) is 10.5. The van der Waals surface area contributed by atoms with Crippen molar-refractivity contribution in [3.05, 3.63) is 59.0 Å². The Labute approximate surface area is 116 Å². The normalized spacial score (nSPS) is 10.7. The molecule has 0 saturated carbocycles. The highest BCUT2D eigenvalue weighted by atomic mass is 32.1. The van der Waals surface area contributed by atoms with Gasteiger partial charge >= 0.3 is 0 Å². The summed E-state index contributed by atoms with van der Waals surface area (Å²) in [5, 5.41) is 6.50. The lowest BCUT2D eigenvalue weighted by Gasteiger charge is -2.01. The second-order valence-electron chi connectivity index (χ2n) is 4.41. The lowest BCUT2D eigenvalue weighted by Crippen LogP contribution is -2.00. The monoisotopic (exact) mass is 269 g/mol. The Morgan fingerprint density at radius 3 is 2.84 bits per heavy atom. The van der Waals surface area contributed by atoms with E-state index in [0.717, 1.165) is 29.8 Å². The van der Waals surface area contributed by atoms with Crippen LogP contribution < -0.4 is 5.73 Å².